The minimum Gasteiger partial charge on any atom is -0.319 e. The number of thiazole rings is 1. The second-order valence-corrected chi connectivity index (χ2v) is 9.97. The first-order chi connectivity index (χ1) is 11.9. The van der Waals surface area contributed by atoms with Gasteiger partial charge in [0.05, 0.1) is 15.6 Å². The fourth-order valence-corrected chi connectivity index (χ4v) is 7.16. The van der Waals surface area contributed by atoms with Gasteiger partial charge in [-0.05, 0) is 93.4 Å². The molecule has 0 unspecified atom stereocenters. The van der Waals surface area contributed by atoms with Gasteiger partial charge in [-0.2, -0.15) is 4.99 Å². The molecule has 0 saturated heterocycles. The van der Waals surface area contributed by atoms with Crippen LogP contribution in [0.2, 0.25) is 0 Å². The fourth-order valence-electron chi connectivity index (χ4n) is 6.06. The molecule has 1 aromatic carbocycles. The van der Waals surface area contributed by atoms with Gasteiger partial charge in [-0.15, -0.1) is 0 Å². The monoisotopic (exact) mass is 354 g/mol. The molecule has 6 rings (SSSR count). The standard InChI is InChI=1S/C21H26N2OS/c1-12-4-17-18(5-13(12)2)25-20(23(17)3)22-19(24)21-9-14-6-15(10-21)8-16(7-14)11-21/h4-5,14-16H,6-11H2,1-3H3. The molecule has 1 heterocycles. The number of aromatic nitrogens is 1. The molecule has 4 aliphatic rings. The van der Waals surface area contributed by atoms with Gasteiger partial charge in [-0.25, -0.2) is 0 Å². The van der Waals surface area contributed by atoms with E-state index in [0.29, 0.717) is 0 Å². The molecular weight excluding hydrogens is 328 g/mol. The first-order valence-corrected chi connectivity index (χ1v) is 10.4. The highest BCUT2D eigenvalue weighted by Crippen LogP contribution is 2.60. The largest absolute Gasteiger partial charge is 0.319 e. The van der Waals surface area contributed by atoms with Crippen LogP contribution in [0.15, 0.2) is 17.1 Å². The van der Waals surface area contributed by atoms with Crippen molar-refractivity contribution >= 4 is 27.5 Å². The molecule has 0 spiro atoms. The van der Waals surface area contributed by atoms with Crippen LogP contribution in [0.1, 0.15) is 49.7 Å². The zero-order chi connectivity index (χ0) is 17.3. The van der Waals surface area contributed by atoms with Crippen LogP contribution in [0.25, 0.3) is 10.2 Å². The Kier molecular flexibility index (Phi) is 3.35. The molecule has 0 aliphatic heterocycles. The van der Waals surface area contributed by atoms with Crippen LogP contribution in [0, 0.1) is 37.0 Å². The van der Waals surface area contributed by atoms with Crippen molar-refractivity contribution in [2.24, 2.45) is 35.2 Å². The minimum atomic E-state index is -0.135. The van der Waals surface area contributed by atoms with Crippen molar-refractivity contribution < 1.29 is 4.79 Å². The summed E-state index contributed by atoms with van der Waals surface area (Å²) in [6.45, 7) is 4.29. The lowest BCUT2D eigenvalue weighted by atomic mass is 9.49. The van der Waals surface area contributed by atoms with Crippen molar-refractivity contribution in [1.82, 2.24) is 4.57 Å². The Morgan fingerprint density at radius 2 is 1.64 bits per heavy atom. The predicted octanol–water partition coefficient (Wildman–Crippen LogP) is 4.50. The highest BCUT2D eigenvalue weighted by Gasteiger charge is 2.54. The zero-order valence-electron chi connectivity index (χ0n) is 15.3. The van der Waals surface area contributed by atoms with Gasteiger partial charge < -0.3 is 4.57 Å². The quantitative estimate of drug-likeness (QED) is 0.742. The summed E-state index contributed by atoms with van der Waals surface area (Å²) in [6, 6.07) is 4.44. The summed E-state index contributed by atoms with van der Waals surface area (Å²) in [6.07, 6.45) is 7.36. The minimum absolute atomic E-state index is 0.135. The van der Waals surface area contributed by atoms with E-state index in [1.54, 1.807) is 11.3 Å². The summed E-state index contributed by atoms with van der Waals surface area (Å²) in [4.78, 5) is 18.8. The third-order valence-electron chi connectivity index (χ3n) is 7.11. The van der Waals surface area contributed by atoms with Gasteiger partial charge in [0.25, 0.3) is 5.91 Å². The van der Waals surface area contributed by atoms with Gasteiger partial charge >= 0.3 is 0 Å². The Morgan fingerprint density at radius 3 is 2.24 bits per heavy atom. The predicted molar refractivity (Wildman–Crippen MR) is 101 cm³/mol. The Hall–Kier alpha value is -1.42. The molecule has 25 heavy (non-hydrogen) atoms. The summed E-state index contributed by atoms with van der Waals surface area (Å²) < 4.78 is 3.33. The van der Waals surface area contributed by atoms with Crippen LogP contribution in [0.5, 0.6) is 0 Å². The SMILES string of the molecule is Cc1cc2sc(=NC(=O)C34CC5CC(CC(C5)C3)C4)n(C)c2cc1C. The van der Waals surface area contributed by atoms with Gasteiger partial charge in [-0.1, -0.05) is 11.3 Å². The van der Waals surface area contributed by atoms with Crippen molar-refractivity contribution in [1.29, 1.82) is 0 Å². The highest BCUT2D eigenvalue weighted by molar-refractivity contribution is 7.16. The van der Waals surface area contributed by atoms with E-state index in [-0.39, 0.29) is 11.3 Å². The molecule has 4 saturated carbocycles. The van der Waals surface area contributed by atoms with Gasteiger partial charge in [-0.3, -0.25) is 4.79 Å². The number of nitrogens with zero attached hydrogens (tertiary/aromatic N) is 2. The van der Waals surface area contributed by atoms with Gasteiger partial charge in [0.2, 0.25) is 0 Å². The van der Waals surface area contributed by atoms with Gasteiger partial charge in [0.1, 0.15) is 0 Å². The Morgan fingerprint density at radius 1 is 1.08 bits per heavy atom. The van der Waals surface area contributed by atoms with Crippen molar-refractivity contribution in [3.63, 3.8) is 0 Å². The van der Waals surface area contributed by atoms with Crippen molar-refractivity contribution in [2.45, 2.75) is 52.4 Å². The highest BCUT2D eigenvalue weighted by atomic mass is 32.1. The molecule has 4 fully saturated rings. The molecule has 1 amide bonds. The Balaban J connectivity index is 1.57. The van der Waals surface area contributed by atoms with Gasteiger partial charge in [0, 0.05) is 7.05 Å². The Labute approximate surface area is 152 Å². The van der Waals surface area contributed by atoms with Crippen LogP contribution < -0.4 is 4.80 Å². The molecule has 0 radical (unpaired) electrons. The summed E-state index contributed by atoms with van der Waals surface area (Å²) in [5.41, 5.74) is 3.64. The lowest BCUT2D eigenvalue weighted by Crippen LogP contribution is -2.49. The molecule has 4 aliphatic carbocycles. The summed E-state index contributed by atoms with van der Waals surface area (Å²) in [7, 11) is 2.04. The van der Waals surface area contributed by atoms with Crippen LogP contribution in [0.3, 0.4) is 0 Å². The number of carbonyl (C=O) groups excluding carboxylic acids is 1. The van der Waals surface area contributed by atoms with E-state index in [0.717, 1.165) is 41.8 Å². The average Bonchev–Trinajstić information content (AvgIpc) is 2.82. The second kappa shape index (κ2) is 5.29. The zero-order valence-corrected chi connectivity index (χ0v) is 16.2. The van der Waals surface area contributed by atoms with E-state index in [2.05, 4.69) is 35.5 Å². The number of carbonyl (C=O) groups is 1. The number of hydrogen-bond donors (Lipinski definition) is 0. The van der Waals surface area contributed by atoms with E-state index >= 15 is 0 Å². The molecule has 0 atom stereocenters. The normalized spacial score (nSPS) is 34.2. The molecule has 2 aromatic rings. The van der Waals surface area contributed by atoms with E-state index in [1.807, 2.05) is 7.05 Å². The lowest BCUT2D eigenvalue weighted by molar-refractivity contribution is -0.142. The second-order valence-electron chi connectivity index (χ2n) is 8.96. The fraction of sp³-hybridized carbons (Fsp3) is 0.619. The lowest BCUT2D eigenvalue weighted by Gasteiger charge is -2.55. The summed E-state index contributed by atoms with van der Waals surface area (Å²) in [5.74, 6) is 2.52. The molecule has 132 valence electrons. The molecular formula is C21H26N2OS. The molecule has 3 nitrogen and oxygen atoms in total. The van der Waals surface area contributed by atoms with Crippen molar-refractivity contribution in [3.05, 3.63) is 28.1 Å². The topological polar surface area (TPSA) is 34.4 Å². The number of benzene rings is 1. The van der Waals surface area contributed by atoms with E-state index in [1.165, 1.54) is 40.6 Å². The molecule has 1 aromatic heterocycles. The van der Waals surface area contributed by atoms with Crippen LogP contribution in [0.4, 0.5) is 0 Å². The number of fused-ring (bicyclic) bond motifs is 1. The number of aryl methyl sites for hydroxylation is 3. The van der Waals surface area contributed by atoms with E-state index in [4.69, 9.17) is 0 Å². The van der Waals surface area contributed by atoms with Crippen molar-refractivity contribution in [3.8, 4) is 0 Å². The number of amides is 1. The van der Waals surface area contributed by atoms with Crippen molar-refractivity contribution in [2.75, 3.05) is 0 Å². The third kappa shape index (κ3) is 2.37. The first kappa shape index (κ1) is 15.8. The smallest absolute Gasteiger partial charge is 0.254 e. The maximum absolute atomic E-state index is 13.3. The Bertz CT molecular complexity index is 913. The maximum atomic E-state index is 13.3. The molecule has 0 N–H and O–H groups in total. The maximum Gasteiger partial charge on any atom is 0.254 e. The average molecular weight is 355 g/mol. The van der Waals surface area contributed by atoms with Crippen LogP contribution >= 0.6 is 11.3 Å². The van der Waals surface area contributed by atoms with Crippen LogP contribution in [-0.2, 0) is 11.8 Å². The number of hydrogen-bond acceptors (Lipinski definition) is 2. The van der Waals surface area contributed by atoms with E-state index < -0.39 is 0 Å². The summed E-state index contributed by atoms with van der Waals surface area (Å²) in [5, 5.41) is 0. The van der Waals surface area contributed by atoms with Crippen LogP contribution in [-0.4, -0.2) is 10.5 Å². The summed E-state index contributed by atoms with van der Waals surface area (Å²) >= 11 is 1.65. The third-order valence-corrected chi connectivity index (χ3v) is 8.21. The van der Waals surface area contributed by atoms with Gasteiger partial charge in [0.15, 0.2) is 4.80 Å². The van der Waals surface area contributed by atoms with E-state index in [9.17, 15) is 4.79 Å². The molecule has 4 bridgehead atoms. The first-order valence-electron chi connectivity index (χ1n) is 9.59. The number of rotatable bonds is 1. The molecule has 4 heteroatoms.